The van der Waals surface area contributed by atoms with Gasteiger partial charge in [0, 0.05) is 17.1 Å². The number of likely N-dealkylation sites (N-methyl/N-ethyl adjacent to an activating group) is 1. The van der Waals surface area contributed by atoms with E-state index in [9.17, 15) is 12.8 Å². The Labute approximate surface area is 156 Å². The van der Waals surface area contributed by atoms with E-state index in [0.717, 1.165) is 11.6 Å². The molecule has 5 nitrogen and oxygen atoms in total. The quantitative estimate of drug-likeness (QED) is 0.732. The Kier molecular flexibility index (Phi) is 6.56. The third-order valence-electron chi connectivity index (χ3n) is 3.75. The van der Waals surface area contributed by atoms with E-state index in [1.807, 2.05) is 43.3 Å². The van der Waals surface area contributed by atoms with Gasteiger partial charge in [0.05, 0.1) is 7.11 Å². The zero-order valence-corrected chi connectivity index (χ0v) is 16.6. The smallest absolute Gasteiger partial charge is 0.243 e. The third kappa shape index (κ3) is 5.01. The maximum atomic E-state index is 13.9. The summed E-state index contributed by atoms with van der Waals surface area (Å²) in [6.45, 7) is 0.0917. The lowest BCUT2D eigenvalue weighted by Gasteiger charge is -2.25. The molecule has 0 amide bonds. The van der Waals surface area contributed by atoms with Gasteiger partial charge >= 0.3 is 0 Å². The number of ether oxygens (including phenoxy) is 1. The van der Waals surface area contributed by atoms with E-state index in [-0.39, 0.29) is 17.5 Å². The van der Waals surface area contributed by atoms with E-state index in [1.54, 1.807) is 7.11 Å². The van der Waals surface area contributed by atoms with E-state index >= 15 is 0 Å². The van der Waals surface area contributed by atoms with Crippen LogP contribution in [0, 0.1) is 5.82 Å². The molecule has 0 heterocycles. The zero-order chi connectivity index (χ0) is 18.6. The van der Waals surface area contributed by atoms with Crippen molar-refractivity contribution in [3.8, 4) is 5.75 Å². The normalized spacial score (nSPS) is 13.0. The molecule has 0 radical (unpaired) electrons. The summed E-state index contributed by atoms with van der Waals surface area (Å²) in [5.74, 6) is -0.108. The summed E-state index contributed by atoms with van der Waals surface area (Å²) in [5.41, 5.74) is 0.891. The molecule has 1 unspecified atom stereocenters. The predicted octanol–water partition coefficient (Wildman–Crippen LogP) is 3.18. The molecule has 2 rings (SSSR count). The summed E-state index contributed by atoms with van der Waals surface area (Å²) in [6.07, 6.45) is 0. The maximum absolute atomic E-state index is 13.9. The van der Waals surface area contributed by atoms with Crippen molar-refractivity contribution < 1.29 is 17.5 Å². The molecule has 0 fully saturated rings. The first-order valence-corrected chi connectivity index (χ1v) is 9.77. The van der Waals surface area contributed by atoms with Gasteiger partial charge in [0.15, 0.2) is 0 Å². The predicted molar refractivity (Wildman–Crippen MR) is 98.7 cm³/mol. The summed E-state index contributed by atoms with van der Waals surface area (Å²) < 4.78 is 47.0. The van der Waals surface area contributed by atoms with Crippen LogP contribution < -0.4 is 9.46 Å². The second-order valence-corrected chi connectivity index (χ2v) is 8.33. The lowest BCUT2D eigenvalue weighted by Crippen LogP contribution is -2.34. The molecule has 0 saturated carbocycles. The molecule has 2 aromatic carbocycles. The first kappa shape index (κ1) is 19.8. The van der Waals surface area contributed by atoms with Gasteiger partial charge in [-0.15, -0.1) is 0 Å². The van der Waals surface area contributed by atoms with Crippen LogP contribution >= 0.6 is 15.9 Å². The summed E-state index contributed by atoms with van der Waals surface area (Å²) in [6, 6.07) is 11.0. The molecule has 0 aromatic heterocycles. The molecular weight excluding hydrogens is 411 g/mol. The molecule has 0 spiro atoms. The highest BCUT2D eigenvalue weighted by Crippen LogP contribution is 2.24. The number of nitrogens with zero attached hydrogens (tertiary/aromatic N) is 1. The average Bonchev–Trinajstić information content (AvgIpc) is 2.57. The molecule has 8 heteroatoms. The fraction of sp³-hybridized carbons (Fsp3) is 0.294. The van der Waals surface area contributed by atoms with Gasteiger partial charge in [-0.25, -0.2) is 17.5 Å². The number of rotatable bonds is 7. The van der Waals surface area contributed by atoms with E-state index in [1.165, 1.54) is 12.1 Å². The van der Waals surface area contributed by atoms with Crippen molar-refractivity contribution in [2.45, 2.75) is 10.9 Å². The Morgan fingerprint density at radius 1 is 1.24 bits per heavy atom. The van der Waals surface area contributed by atoms with Gasteiger partial charge in [-0.05, 0) is 50.0 Å². The minimum absolute atomic E-state index is 0.0917. The van der Waals surface area contributed by atoms with E-state index in [0.29, 0.717) is 10.2 Å². The highest BCUT2D eigenvalue weighted by molar-refractivity contribution is 9.10. The zero-order valence-electron chi connectivity index (χ0n) is 14.2. The number of benzene rings is 2. The van der Waals surface area contributed by atoms with Gasteiger partial charge in [-0.1, -0.05) is 28.1 Å². The van der Waals surface area contributed by atoms with Crippen LogP contribution in [-0.4, -0.2) is 41.1 Å². The van der Waals surface area contributed by atoms with Gasteiger partial charge in [-0.3, -0.25) is 0 Å². The Bertz CT molecular complexity index is 844. The standard InChI is InChI=1S/C17H20BrFN2O3S/c1-21(2)16(12-5-4-6-14(9-12)24-3)11-20-25(22,23)17-10-13(18)7-8-15(17)19/h4-10,16,20H,11H2,1-3H3. The Hall–Kier alpha value is -1.48. The van der Waals surface area contributed by atoms with Crippen molar-refractivity contribution in [2.75, 3.05) is 27.7 Å². The van der Waals surface area contributed by atoms with Crippen LogP contribution in [0.25, 0.3) is 0 Å². The van der Waals surface area contributed by atoms with Crippen molar-refractivity contribution in [3.63, 3.8) is 0 Å². The number of halogens is 2. The molecule has 0 aliphatic carbocycles. The van der Waals surface area contributed by atoms with Crippen LogP contribution in [-0.2, 0) is 10.0 Å². The maximum Gasteiger partial charge on any atom is 0.243 e. The van der Waals surface area contributed by atoms with Crippen LogP contribution in [0.3, 0.4) is 0 Å². The number of nitrogens with one attached hydrogen (secondary N) is 1. The lowest BCUT2D eigenvalue weighted by atomic mass is 10.1. The fourth-order valence-corrected chi connectivity index (χ4v) is 4.05. The highest BCUT2D eigenvalue weighted by atomic mass is 79.9. The van der Waals surface area contributed by atoms with Crippen molar-refractivity contribution >= 4 is 26.0 Å². The van der Waals surface area contributed by atoms with Crippen molar-refractivity contribution in [3.05, 3.63) is 58.3 Å². The molecule has 0 aliphatic rings. The largest absolute Gasteiger partial charge is 0.497 e. The van der Waals surface area contributed by atoms with Crippen molar-refractivity contribution in [1.82, 2.24) is 9.62 Å². The molecule has 0 aliphatic heterocycles. The SMILES string of the molecule is COc1cccc(C(CNS(=O)(=O)c2cc(Br)ccc2F)N(C)C)c1. The summed E-state index contributed by atoms with van der Waals surface area (Å²) in [5, 5.41) is 0. The molecule has 25 heavy (non-hydrogen) atoms. The molecule has 0 bridgehead atoms. The molecule has 1 atom stereocenters. The summed E-state index contributed by atoms with van der Waals surface area (Å²) >= 11 is 3.16. The third-order valence-corrected chi connectivity index (χ3v) is 5.68. The molecule has 136 valence electrons. The van der Waals surface area contributed by atoms with Crippen LogP contribution in [0.4, 0.5) is 4.39 Å². The highest BCUT2D eigenvalue weighted by Gasteiger charge is 2.23. The average molecular weight is 431 g/mol. The minimum atomic E-state index is -3.98. The van der Waals surface area contributed by atoms with Crippen LogP contribution in [0.1, 0.15) is 11.6 Å². The summed E-state index contributed by atoms with van der Waals surface area (Å²) in [4.78, 5) is 1.50. The van der Waals surface area contributed by atoms with Gasteiger partial charge < -0.3 is 9.64 Å². The van der Waals surface area contributed by atoms with Gasteiger partial charge in [0.1, 0.15) is 16.5 Å². The molecule has 1 N–H and O–H groups in total. The number of hydrogen-bond acceptors (Lipinski definition) is 4. The van der Waals surface area contributed by atoms with Crippen LogP contribution in [0.15, 0.2) is 51.8 Å². The van der Waals surface area contributed by atoms with E-state index in [2.05, 4.69) is 20.7 Å². The van der Waals surface area contributed by atoms with Crippen LogP contribution in [0.5, 0.6) is 5.75 Å². The summed E-state index contributed by atoms with van der Waals surface area (Å²) in [7, 11) is 1.28. The van der Waals surface area contributed by atoms with Gasteiger partial charge in [0.25, 0.3) is 0 Å². The first-order valence-electron chi connectivity index (χ1n) is 7.49. The molecule has 2 aromatic rings. The van der Waals surface area contributed by atoms with E-state index < -0.39 is 15.8 Å². The van der Waals surface area contributed by atoms with Crippen molar-refractivity contribution in [2.24, 2.45) is 0 Å². The number of methoxy groups -OCH3 is 1. The topological polar surface area (TPSA) is 58.6 Å². The second-order valence-electron chi connectivity index (χ2n) is 5.68. The van der Waals surface area contributed by atoms with Crippen LogP contribution in [0.2, 0.25) is 0 Å². The number of hydrogen-bond donors (Lipinski definition) is 1. The Morgan fingerprint density at radius 3 is 2.60 bits per heavy atom. The monoisotopic (exact) mass is 430 g/mol. The minimum Gasteiger partial charge on any atom is -0.497 e. The lowest BCUT2D eigenvalue weighted by molar-refractivity contribution is 0.298. The Balaban J connectivity index is 2.24. The molecule has 0 saturated heterocycles. The second kappa shape index (κ2) is 8.27. The van der Waals surface area contributed by atoms with Gasteiger partial charge in [-0.2, -0.15) is 0 Å². The molecular formula is C17H20BrFN2O3S. The van der Waals surface area contributed by atoms with Crippen molar-refractivity contribution in [1.29, 1.82) is 0 Å². The number of sulfonamides is 1. The fourth-order valence-electron chi connectivity index (χ4n) is 2.40. The Morgan fingerprint density at radius 2 is 1.96 bits per heavy atom. The van der Waals surface area contributed by atoms with E-state index in [4.69, 9.17) is 4.74 Å². The first-order chi connectivity index (χ1) is 11.7. The van der Waals surface area contributed by atoms with Gasteiger partial charge in [0.2, 0.25) is 10.0 Å².